The Morgan fingerprint density at radius 3 is 2.54 bits per heavy atom. The second-order valence-electron chi connectivity index (χ2n) is 12.6. The molecule has 3 atom stereocenters. The van der Waals surface area contributed by atoms with Gasteiger partial charge in [0.25, 0.3) is 0 Å². The summed E-state index contributed by atoms with van der Waals surface area (Å²) in [5.74, 6) is -1.46. The number of alkyl halides is 3. The quantitative estimate of drug-likeness (QED) is 0.214. The van der Waals surface area contributed by atoms with Crippen LogP contribution in [0, 0.1) is 11.6 Å². The molecule has 0 aliphatic carbocycles. The number of anilines is 1. The number of piperazine rings is 1. The molecule has 3 aromatic rings. The summed E-state index contributed by atoms with van der Waals surface area (Å²) in [5.41, 5.74) is -0.218. The molecule has 2 fully saturated rings. The number of benzene rings is 2. The van der Waals surface area contributed by atoms with Gasteiger partial charge in [0.05, 0.1) is 42.4 Å². The van der Waals surface area contributed by atoms with Crippen molar-refractivity contribution in [2.24, 2.45) is 0 Å². The van der Waals surface area contributed by atoms with E-state index in [-0.39, 0.29) is 78.7 Å². The molecule has 15 heteroatoms. The van der Waals surface area contributed by atoms with Crippen LogP contribution >= 0.6 is 11.6 Å². The maximum Gasteiger partial charge on any atom is 0.401 e. The molecule has 2 saturated heterocycles. The summed E-state index contributed by atoms with van der Waals surface area (Å²) < 4.78 is 81.9. The summed E-state index contributed by atoms with van der Waals surface area (Å²) in [4.78, 5) is 35.9. The van der Waals surface area contributed by atoms with Crippen molar-refractivity contribution in [3.8, 4) is 16.9 Å². The first kappa shape index (κ1) is 34.1. The highest BCUT2D eigenvalue weighted by Gasteiger charge is 2.38. The van der Waals surface area contributed by atoms with Crippen LogP contribution in [-0.4, -0.2) is 95.6 Å². The molecular formula is C33H35ClF5N5O4. The number of hydrogen-bond donors (Lipinski definition) is 0. The lowest BCUT2D eigenvalue weighted by Gasteiger charge is -2.45. The molecule has 0 unspecified atom stereocenters. The largest absolute Gasteiger partial charge is 0.488 e. The average molecular weight is 696 g/mol. The molecule has 2 aromatic carbocycles. The minimum Gasteiger partial charge on any atom is -0.488 e. The number of aromatic nitrogens is 2. The molecule has 0 bridgehead atoms. The van der Waals surface area contributed by atoms with Crippen LogP contribution in [0.25, 0.3) is 22.0 Å². The van der Waals surface area contributed by atoms with E-state index in [2.05, 4.69) is 11.6 Å². The molecule has 3 aliphatic heterocycles. The van der Waals surface area contributed by atoms with Gasteiger partial charge in [-0.1, -0.05) is 18.2 Å². The second-order valence-corrected chi connectivity index (χ2v) is 13.0. The zero-order valence-electron chi connectivity index (χ0n) is 26.4. The Hall–Kier alpha value is -3.75. The first-order valence-electron chi connectivity index (χ1n) is 15.7. The van der Waals surface area contributed by atoms with E-state index in [1.165, 1.54) is 21.6 Å². The number of amides is 1. The van der Waals surface area contributed by atoms with Gasteiger partial charge in [0, 0.05) is 47.8 Å². The third kappa shape index (κ3) is 6.49. The van der Waals surface area contributed by atoms with E-state index >= 15 is 4.39 Å². The first-order chi connectivity index (χ1) is 22.8. The molecule has 48 heavy (non-hydrogen) atoms. The van der Waals surface area contributed by atoms with Gasteiger partial charge in [-0.3, -0.25) is 14.3 Å². The van der Waals surface area contributed by atoms with E-state index in [0.29, 0.717) is 36.2 Å². The molecule has 0 saturated carbocycles. The summed E-state index contributed by atoms with van der Waals surface area (Å²) in [5, 5.41) is 0.528. The molecule has 0 spiro atoms. The van der Waals surface area contributed by atoms with Crippen LogP contribution in [0.2, 0.25) is 5.02 Å². The van der Waals surface area contributed by atoms with Crippen LogP contribution < -0.4 is 15.3 Å². The van der Waals surface area contributed by atoms with Crippen LogP contribution in [0.3, 0.4) is 0 Å². The van der Waals surface area contributed by atoms with Crippen molar-refractivity contribution in [2.45, 2.75) is 57.0 Å². The smallest absolute Gasteiger partial charge is 0.401 e. The lowest BCUT2D eigenvalue weighted by Crippen LogP contribution is -2.58. The normalized spacial score (nSPS) is 21.4. The number of hydrogen-bond acceptors (Lipinski definition) is 7. The van der Waals surface area contributed by atoms with Crippen LogP contribution in [0.1, 0.15) is 32.7 Å². The standard InChI is InChI=1S/C33H35ClF5N5O4/c1-4-27(45)42-12-19(3)43(13-18(42)2)31-24-11-25(34)28(23-8-7-20(35)10-26(23)36)30-29(24)44(32(46)40-31)21(16-48-30)6-5-9-41(17-33(37,38)39)22-14-47-15-22/h4,7-8,10-11,18-19,21-22H,1,5-6,9,12-17H2,2-3H3/t18-,19+,21-/m1/s1. The monoisotopic (exact) mass is 695 g/mol. The highest BCUT2D eigenvalue weighted by Crippen LogP contribution is 2.47. The Bertz CT molecular complexity index is 1800. The maximum atomic E-state index is 15.2. The number of carbonyl (C=O) groups excluding carboxylic acids is 1. The topological polar surface area (TPSA) is 80.1 Å². The van der Waals surface area contributed by atoms with Gasteiger partial charge in [-0.25, -0.2) is 13.6 Å². The summed E-state index contributed by atoms with van der Waals surface area (Å²) in [7, 11) is 0. The van der Waals surface area contributed by atoms with Gasteiger partial charge >= 0.3 is 11.9 Å². The van der Waals surface area contributed by atoms with Gasteiger partial charge in [0.2, 0.25) is 5.91 Å². The Labute approximate surface area is 278 Å². The summed E-state index contributed by atoms with van der Waals surface area (Å²) in [6, 6.07) is 3.16. The van der Waals surface area contributed by atoms with Crippen molar-refractivity contribution in [3.05, 3.63) is 64.1 Å². The number of halogens is 6. The minimum atomic E-state index is -4.38. The number of rotatable bonds is 9. The fourth-order valence-electron chi connectivity index (χ4n) is 6.87. The Balaban J connectivity index is 1.43. The van der Waals surface area contributed by atoms with E-state index < -0.39 is 36.1 Å². The van der Waals surface area contributed by atoms with Gasteiger partial charge in [0.15, 0.2) is 5.75 Å². The van der Waals surface area contributed by atoms with E-state index in [4.69, 9.17) is 21.1 Å². The molecule has 258 valence electrons. The molecule has 3 aliphatic rings. The molecule has 1 amide bonds. The molecular weight excluding hydrogens is 661 g/mol. The predicted molar refractivity (Wildman–Crippen MR) is 171 cm³/mol. The third-order valence-electron chi connectivity index (χ3n) is 9.30. The van der Waals surface area contributed by atoms with Crippen molar-refractivity contribution in [2.75, 3.05) is 50.9 Å². The van der Waals surface area contributed by atoms with E-state index in [0.717, 1.165) is 12.1 Å². The van der Waals surface area contributed by atoms with E-state index in [1.807, 2.05) is 18.7 Å². The van der Waals surface area contributed by atoms with Gasteiger partial charge < -0.3 is 19.3 Å². The summed E-state index contributed by atoms with van der Waals surface area (Å²) in [6.07, 6.45) is -2.53. The van der Waals surface area contributed by atoms with Gasteiger partial charge in [-0.15, -0.1) is 0 Å². The highest BCUT2D eigenvalue weighted by molar-refractivity contribution is 6.35. The van der Waals surface area contributed by atoms with E-state index in [9.17, 15) is 27.2 Å². The van der Waals surface area contributed by atoms with Gasteiger partial charge in [-0.05, 0) is 57.5 Å². The Morgan fingerprint density at radius 2 is 1.90 bits per heavy atom. The van der Waals surface area contributed by atoms with Crippen LogP contribution in [0.5, 0.6) is 5.75 Å². The summed E-state index contributed by atoms with van der Waals surface area (Å²) in [6.45, 7) is 7.45. The van der Waals surface area contributed by atoms with Gasteiger partial charge in [0.1, 0.15) is 24.1 Å². The zero-order valence-corrected chi connectivity index (χ0v) is 27.2. The van der Waals surface area contributed by atoms with Crippen LogP contribution in [-0.2, 0) is 9.53 Å². The maximum absolute atomic E-state index is 15.2. The lowest BCUT2D eigenvalue weighted by atomic mass is 9.98. The first-order valence-corrected chi connectivity index (χ1v) is 16.1. The molecule has 9 nitrogen and oxygen atoms in total. The second kappa shape index (κ2) is 13.3. The zero-order chi connectivity index (χ0) is 34.5. The Kier molecular flexibility index (Phi) is 9.44. The van der Waals surface area contributed by atoms with Crippen molar-refractivity contribution >= 4 is 34.2 Å². The predicted octanol–water partition coefficient (Wildman–Crippen LogP) is 5.58. The van der Waals surface area contributed by atoms with Crippen LogP contribution in [0.4, 0.5) is 27.8 Å². The molecule has 6 rings (SSSR count). The molecule has 1 aromatic heterocycles. The molecule has 0 radical (unpaired) electrons. The van der Waals surface area contributed by atoms with Crippen molar-refractivity contribution in [1.82, 2.24) is 19.4 Å². The Morgan fingerprint density at radius 1 is 1.15 bits per heavy atom. The molecule has 4 heterocycles. The lowest BCUT2D eigenvalue weighted by molar-refractivity contribution is -0.169. The van der Waals surface area contributed by atoms with Crippen molar-refractivity contribution in [3.63, 3.8) is 0 Å². The van der Waals surface area contributed by atoms with E-state index in [1.54, 1.807) is 11.0 Å². The van der Waals surface area contributed by atoms with Crippen molar-refractivity contribution in [1.29, 1.82) is 0 Å². The fraction of sp³-hybridized carbons (Fsp3) is 0.485. The molecule has 0 N–H and O–H groups in total. The summed E-state index contributed by atoms with van der Waals surface area (Å²) >= 11 is 6.82. The average Bonchev–Trinajstić information content (AvgIpc) is 2.98. The van der Waals surface area contributed by atoms with Gasteiger partial charge in [-0.2, -0.15) is 18.2 Å². The van der Waals surface area contributed by atoms with Crippen LogP contribution in [0.15, 0.2) is 41.7 Å². The van der Waals surface area contributed by atoms with Crippen molar-refractivity contribution < 1.29 is 36.2 Å². The minimum absolute atomic E-state index is 0.0295. The number of ether oxygens (including phenoxy) is 2. The third-order valence-corrected chi connectivity index (χ3v) is 9.60. The highest BCUT2D eigenvalue weighted by atomic mass is 35.5. The number of carbonyl (C=O) groups is 1. The SMILES string of the molecule is C=CC(=O)N1C[C@H](C)N(c2nc(=O)n3c4c(c(-c5ccc(F)cc5F)c(Cl)cc24)OC[C@H]3CCCN(CC(F)(F)F)C2COC2)C[C@H]1C. The fourth-order valence-corrected chi connectivity index (χ4v) is 7.16. The number of nitrogens with zero attached hydrogens (tertiary/aromatic N) is 5.